The number of carboxylic acids is 1. The van der Waals surface area contributed by atoms with E-state index in [-0.39, 0.29) is 18.2 Å². The van der Waals surface area contributed by atoms with Crippen molar-refractivity contribution in [3.63, 3.8) is 0 Å². The Morgan fingerprint density at radius 3 is 2.74 bits per heavy atom. The molecule has 0 fully saturated rings. The minimum Gasteiger partial charge on any atom is -0.482 e. The van der Waals surface area contributed by atoms with Gasteiger partial charge >= 0.3 is 5.97 Å². The summed E-state index contributed by atoms with van der Waals surface area (Å²) in [6.07, 6.45) is 1.83. The molecule has 2 aromatic carbocycles. The lowest BCUT2D eigenvalue weighted by Crippen LogP contribution is -2.42. The lowest BCUT2D eigenvalue weighted by atomic mass is 10.0. The first-order chi connectivity index (χ1) is 13.0. The molecular formula is C20H20N2O5. The van der Waals surface area contributed by atoms with Crippen LogP contribution in [0, 0.1) is 0 Å². The second-order valence-corrected chi connectivity index (χ2v) is 6.17. The maximum Gasteiger partial charge on any atom is 0.341 e. The number of carboxylic acid groups (broad SMARTS) is 1. The number of hydrogen-bond donors (Lipinski definition) is 2. The van der Waals surface area contributed by atoms with Crippen molar-refractivity contribution in [1.82, 2.24) is 5.32 Å². The highest BCUT2D eigenvalue weighted by atomic mass is 16.5. The quantitative estimate of drug-likeness (QED) is 0.811. The minimum atomic E-state index is -1.10. The van der Waals surface area contributed by atoms with Gasteiger partial charge < -0.3 is 20.1 Å². The largest absolute Gasteiger partial charge is 0.482 e. The lowest BCUT2D eigenvalue weighted by molar-refractivity contribution is -0.139. The van der Waals surface area contributed by atoms with Crippen LogP contribution in [0.15, 0.2) is 48.5 Å². The van der Waals surface area contributed by atoms with Crippen LogP contribution in [0.3, 0.4) is 0 Å². The summed E-state index contributed by atoms with van der Waals surface area (Å²) >= 11 is 0. The van der Waals surface area contributed by atoms with Gasteiger partial charge in [0.2, 0.25) is 5.91 Å². The Labute approximate surface area is 156 Å². The fourth-order valence-electron chi connectivity index (χ4n) is 3.02. The predicted octanol–water partition coefficient (Wildman–Crippen LogP) is 1.86. The fourth-order valence-corrected chi connectivity index (χ4v) is 3.02. The Bertz CT molecular complexity index is 865. The summed E-state index contributed by atoms with van der Waals surface area (Å²) in [4.78, 5) is 37.1. The average Bonchev–Trinajstić information content (AvgIpc) is 2.70. The number of carbonyl (C=O) groups excluding carboxylic acids is 2. The summed E-state index contributed by atoms with van der Waals surface area (Å²) in [5.41, 5.74) is 2.32. The molecule has 0 radical (unpaired) electrons. The zero-order valence-electron chi connectivity index (χ0n) is 14.7. The van der Waals surface area contributed by atoms with E-state index < -0.39 is 18.5 Å². The summed E-state index contributed by atoms with van der Waals surface area (Å²) in [6, 6.07) is 13.9. The van der Waals surface area contributed by atoms with Crippen LogP contribution in [0.5, 0.6) is 5.75 Å². The Morgan fingerprint density at radius 1 is 1.11 bits per heavy atom. The Morgan fingerprint density at radius 2 is 1.93 bits per heavy atom. The van der Waals surface area contributed by atoms with Gasteiger partial charge in [-0.15, -0.1) is 0 Å². The van der Waals surface area contributed by atoms with Crippen LogP contribution in [0.1, 0.15) is 22.3 Å². The van der Waals surface area contributed by atoms with Crippen LogP contribution in [-0.4, -0.2) is 42.6 Å². The van der Waals surface area contributed by atoms with Crippen LogP contribution in [0.2, 0.25) is 0 Å². The third-order valence-electron chi connectivity index (χ3n) is 4.27. The van der Waals surface area contributed by atoms with Gasteiger partial charge in [0.05, 0.1) is 6.54 Å². The molecular weight excluding hydrogens is 348 g/mol. The second-order valence-electron chi connectivity index (χ2n) is 6.17. The molecule has 3 rings (SSSR count). The molecule has 7 nitrogen and oxygen atoms in total. The van der Waals surface area contributed by atoms with Gasteiger partial charge in [-0.25, -0.2) is 4.79 Å². The molecule has 0 aromatic heterocycles. The summed E-state index contributed by atoms with van der Waals surface area (Å²) in [5, 5.41) is 11.3. The van der Waals surface area contributed by atoms with Crippen molar-refractivity contribution in [2.24, 2.45) is 0 Å². The average molecular weight is 368 g/mol. The van der Waals surface area contributed by atoms with E-state index in [1.54, 1.807) is 23.1 Å². The van der Waals surface area contributed by atoms with E-state index in [1.165, 1.54) is 6.07 Å². The highest BCUT2D eigenvalue weighted by Gasteiger charge is 2.22. The molecule has 2 amide bonds. The van der Waals surface area contributed by atoms with Crippen molar-refractivity contribution >= 4 is 23.5 Å². The number of hydrogen-bond acceptors (Lipinski definition) is 4. The summed E-state index contributed by atoms with van der Waals surface area (Å²) in [5.74, 6) is -1.42. The van der Waals surface area contributed by atoms with Crippen LogP contribution in [0.4, 0.5) is 5.69 Å². The van der Waals surface area contributed by atoms with Gasteiger partial charge in [-0.3, -0.25) is 9.59 Å². The topological polar surface area (TPSA) is 95.9 Å². The molecule has 27 heavy (non-hydrogen) atoms. The zero-order chi connectivity index (χ0) is 19.2. The SMILES string of the molecule is O=C(O)COc1cccc(C(=O)NCC(=O)N2CCCc3ccccc32)c1. The zero-order valence-corrected chi connectivity index (χ0v) is 14.7. The van der Waals surface area contributed by atoms with Crippen molar-refractivity contribution in [3.8, 4) is 5.75 Å². The number of benzene rings is 2. The molecule has 0 saturated heterocycles. The molecule has 0 saturated carbocycles. The van der Waals surface area contributed by atoms with E-state index in [2.05, 4.69) is 5.32 Å². The second kappa shape index (κ2) is 8.35. The number of amides is 2. The van der Waals surface area contributed by atoms with E-state index in [4.69, 9.17) is 9.84 Å². The molecule has 1 aliphatic heterocycles. The van der Waals surface area contributed by atoms with Gasteiger partial charge in [-0.05, 0) is 42.7 Å². The molecule has 140 valence electrons. The van der Waals surface area contributed by atoms with Gasteiger partial charge in [-0.2, -0.15) is 0 Å². The molecule has 0 unspecified atom stereocenters. The summed E-state index contributed by atoms with van der Waals surface area (Å²) in [7, 11) is 0. The summed E-state index contributed by atoms with van der Waals surface area (Å²) < 4.78 is 5.06. The molecule has 0 bridgehead atoms. The minimum absolute atomic E-state index is 0.118. The number of carbonyl (C=O) groups is 3. The first-order valence-corrected chi connectivity index (χ1v) is 8.66. The first-order valence-electron chi connectivity index (χ1n) is 8.66. The monoisotopic (exact) mass is 368 g/mol. The maximum atomic E-state index is 12.6. The molecule has 2 aromatic rings. The third-order valence-corrected chi connectivity index (χ3v) is 4.27. The first kappa shape index (κ1) is 18.4. The van der Waals surface area contributed by atoms with Crippen molar-refractivity contribution in [1.29, 1.82) is 0 Å². The number of fused-ring (bicyclic) bond motifs is 1. The number of aryl methyl sites for hydroxylation is 1. The number of aliphatic carboxylic acids is 1. The van der Waals surface area contributed by atoms with Gasteiger partial charge in [0, 0.05) is 17.8 Å². The molecule has 0 atom stereocenters. The number of para-hydroxylation sites is 1. The summed E-state index contributed by atoms with van der Waals surface area (Å²) in [6.45, 7) is 0.0233. The number of rotatable bonds is 6. The van der Waals surface area contributed by atoms with E-state index in [0.717, 1.165) is 24.1 Å². The molecule has 7 heteroatoms. The van der Waals surface area contributed by atoms with Crippen molar-refractivity contribution in [2.75, 3.05) is 24.6 Å². The molecule has 0 spiro atoms. The van der Waals surface area contributed by atoms with E-state index in [9.17, 15) is 14.4 Å². The van der Waals surface area contributed by atoms with Crippen molar-refractivity contribution < 1.29 is 24.2 Å². The van der Waals surface area contributed by atoms with Crippen LogP contribution in [0.25, 0.3) is 0 Å². The third kappa shape index (κ3) is 4.63. The van der Waals surface area contributed by atoms with Crippen molar-refractivity contribution in [3.05, 3.63) is 59.7 Å². The predicted molar refractivity (Wildman–Crippen MR) is 99.0 cm³/mol. The Balaban J connectivity index is 1.60. The molecule has 1 aliphatic rings. The van der Waals surface area contributed by atoms with Gasteiger partial charge in [0.1, 0.15) is 5.75 Å². The standard InChI is InChI=1S/C20H20N2O5/c23-18(22-10-4-7-14-5-1-2-9-17(14)22)12-21-20(26)15-6-3-8-16(11-15)27-13-19(24)25/h1-3,5-6,8-9,11H,4,7,10,12-13H2,(H,21,26)(H,24,25). The highest BCUT2D eigenvalue weighted by molar-refractivity contribution is 6.01. The molecule has 2 N–H and O–H groups in total. The Hall–Kier alpha value is -3.35. The van der Waals surface area contributed by atoms with Crippen molar-refractivity contribution in [2.45, 2.75) is 12.8 Å². The van der Waals surface area contributed by atoms with Crippen LogP contribution < -0.4 is 15.0 Å². The van der Waals surface area contributed by atoms with E-state index >= 15 is 0 Å². The number of nitrogens with zero attached hydrogens (tertiary/aromatic N) is 1. The highest BCUT2D eigenvalue weighted by Crippen LogP contribution is 2.26. The van der Waals surface area contributed by atoms with E-state index in [0.29, 0.717) is 12.1 Å². The number of ether oxygens (including phenoxy) is 1. The van der Waals surface area contributed by atoms with E-state index in [1.807, 2.05) is 24.3 Å². The molecule has 0 aliphatic carbocycles. The number of nitrogens with one attached hydrogen (secondary N) is 1. The maximum absolute atomic E-state index is 12.6. The van der Waals surface area contributed by atoms with Gasteiger partial charge in [0.25, 0.3) is 5.91 Å². The lowest BCUT2D eigenvalue weighted by Gasteiger charge is -2.29. The van der Waals surface area contributed by atoms with Gasteiger partial charge in [-0.1, -0.05) is 24.3 Å². The normalized spacial score (nSPS) is 12.8. The van der Waals surface area contributed by atoms with Gasteiger partial charge in [0.15, 0.2) is 6.61 Å². The smallest absolute Gasteiger partial charge is 0.341 e. The number of anilines is 1. The molecule has 1 heterocycles. The van der Waals surface area contributed by atoms with Crippen LogP contribution >= 0.6 is 0 Å². The fraction of sp³-hybridized carbons (Fsp3) is 0.250. The van der Waals surface area contributed by atoms with Crippen LogP contribution in [-0.2, 0) is 16.0 Å². The Kier molecular flexibility index (Phi) is 5.71.